The number of carbonyl (C=O) groups is 2. The van der Waals surface area contributed by atoms with Crippen LogP contribution in [0.15, 0.2) is 30.3 Å². The van der Waals surface area contributed by atoms with Gasteiger partial charge in [-0.1, -0.05) is 36.8 Å². The van der Waals surface area contributed by atoms with Crippen molar-refractivity contribution in [3.63, 3.8) is 0 Å². The largest absolute Gasteiger partial charge is 0.461 e. The molecule has 5 heteroatoms. The van der Waals surface area contributed by atoms with Crippen LogP contribution in [0.1, 0.15) is 37.7 Å². The summed E-state index contributed by atoms with van der Waals surface area (Å²) in [6, 6.07) is 10.3. The van der Waals surface area contributed by atoms with Crippen LogP contribution in [0.2, 0.25) is 0 Å². The Hall–Kier alpha value is -1.88. The number of likely N-dealkylation sites (tertiary alicyclic amines) is 1. The normalized spacial score (nSPS) is 21.2. The van der Waals surface area contributed by atoms with Gasteiger partial charge in [-0.25, -0.2) is 0 Å². The fourth-order valence-corrected chi connectivity index (χ4v) is 3.23. The average Bonchev–Trinajstić information content (AvgIpc) is 2.93. The highest BCUT2D eigenvalue weighted by Gasteiger charge is 2.26. The number of ether oxygens (including phenoxy) is 1. The summed E-state index contributed by atoms with van der Waals surface area (Å²) in [5.41, 5.74) is 1.28. The number of hydrogen-bond acceptors (Lipinski definition) is 4. The molecular weight excluding hydrogens is 304 g/mol. The van der Waals surface area contributed by atoms with E-state index >= 15 is 0 Å². The lowest BCUT2D eigenvalue weighted by Gasteiger charge is -2.23. The van der Waals surface area contributed by atoms with Gasteiger partial charge in [-0.3, -0.25) is 14.5 Å². The molecule has 0 radical (unpaired) electrons. The number of esters is 1. The smallest absolute Gasteiger partial charge is 0.307 e. The van der Waals surface area contributed by atoms with E-state index in [1.54, 1.807) is 0 Å². The number of carbonyl (C=O) groups excluding carboxylic acids is 2. The first-order chi connectivity index (χ1) is 11.7. The maximum atomic E-state index is 11.9. The van der Waals surface area contributed by atoms with Gasteiger partial charge in [0, 0.05) is 32.1 Å². The van der Waals surface area contributed by atoms with E-state index in [0.717, 1.165) is 45.3 Å². The van der Waals surface area contributed by atoms with Gasteiger partial charge in [-0.05, 0) is 24.8 Å². The van der Waals surface area contributed by atoms with Crippen molar-refractivity contribution >= 4 is 11.9 Å². The molecule has 0 bridgehead atoms. The highest BCUT2D eigenvalue weighted by atomic mass is 16.5. The fraction of sp³-hybridized carbons (Fsp3) is 0.579. The molecule has 0 unspecified atom stereocenters. The summed E-state index contributed by atoms with van der Waals surface area (Å²) in [6.45, 7) is 3.02. The molecule has 3 rings (SSSR count). The van der Waals surface area contributed by atoms with Crippen LogP contribution in [-0.2, 0) is 20.9 Å². The van der Waals surface area contributed by atoms with Crippen molar-refractivity contribution in [3.8, 4) is 0 Å². The molecule has 130 valence electrons. The summed E-state index contributed by atoms with van der Waals surface area (Å²) in [5.74, 6) is 0.0434. The maximum absolute atomic E-state index is 11.9. The molecule has 0 spiro atoms. The molecule has 5 nitrogen and oxygen atoms in total. The van der Waals surface area contributed by atoms with E-state index in [0.29, 0.717) is 6.54 Å². The zero-order valence-electron chi connectivity index (χ0n) is 14.1. The Morgan fingerprint density at radius 1 is 1.17 bits per heavy atom. The Labute approximate surface area is 143 Å². The van der Waals surface area contributed by atoms with E-state index in [1.807, 2.05) is 18.2 Å². The van der Waals surface area contributed by atoms with Crippen molar-refractivity contribution in [1.82, 2.24) is 10.2 Å². The summed E-state index contributed by atoms with van der Waals surface area (Å²) in [4.78, 5) is 25.9. The predicted molar refractivity (Wildman–Crippen MR) is 91.2 cm³/mol. The molecule has 24 heavy (non-hydrogen) atoms. The second-order valence-corrected chi connectivity index (χ2v) is 6.79. The quantitative estimate of drug-likeness (QED) is 0.778. The van der Waals surface area contributed by atoms with Crippen LogP contribution in [-0.4, -0.2) is 42.5 Å². The lowest BCUT2D eigenvalue weighted by Crippen LogP contribution is -2.36. The van der Waals surface area contributed by atoms with Crippen LogP contribution in [0.4, 0.5) is 0 Å². The lowest BCUT2D eigenvalue weighted by molar-refractivity contribution is -0.148. The van der Waals surface area contributed by atoms with Crippen molar-refractivity contribution in [2.45, 2.75) is 44.8 Å². The van der Waals surface area contributed by atoms with Crippen molar-refractivity contribution in [2.24, 2.45) is 5.92 Å². The van der Waals surface area contributed by atoms with Crippen molar-refractivity contribution in [2.75, 3.05) is 19.6 Å². The van der Waals surface area contributed by atoms with E-state index in [9.17, 15) is 9.59 Å². The van der Waals surface area contributed by atoms with Crippen LogP contribution in [0.25, 0.3) is 0 Å². The Morgan fingerprint density at radius 2 is 1.96 bits per heavy atom. The third-order valence-corrected chi connectivity index (χ3v) is 4.88. The predicted octanol–water partition coefficient (Wildman–Crippen LogP) is 2.11. The molecular formula is C19H26N2O3. The van der Waals surface area contributed by atoms with Crippen molar-refractivity contribution in [3.05, 3.63) is 35.9 Å². The van der Waals surface area contributed by atoms with Gasteiger partial charge in [0.1, 0.15) is 6.10 Å². The molecule has 0 aromatic heterocycles. The summed E-state index contributed by atoms with van der Waals surface area (Å²) in [5, 5.41) is 2.83. The molecule has 1 saturated carbocycles. The van der Waals surface area contributed by atoms with Crippen molar-refractivity contribution < 1.29 is 14.3 Å². The zero-order chi connectivity index (χ0) is 16.8. The van der Waals surface area contributed by atoms with Gasteiger partial charge in [0.25, 0.3) is 0 Å². The molecule has 1 heterocycles. The SMILES string of the molecule is O=C(CCNC(=O)C1CCC1)O[C@@H]1CCN(Cc2ccccc2)C1. The van der Waals surface area contributed by atoms with Gasteiger partial charge < -0.3 is 10.1 Å². The van der Waals surface area contributed by atoms with Crippen LogP contribution in [0.3, 0.4) is 0 Å². The maximum Gasteiger partial charge on any atom is 0.307 e. The van der Waals surface area contributed by atoms with Crippen LogP contribution >= 0.6 is 0 Å². The second kappa shape index (κ2) is 8.29. The Kier molecular flexibility index (Phi) is 5.86. The van der Waals surface area contributed by atoms with Gasteiger partial charge in [0.2, 0.25) is 5.91 Å². The molecule has 2 fully saturated rings. The van der Waals surface area contributed by atoms with E-state index in [4.69, 9.17) is 4.74 Å². The molecule has 1 aliphatic heterocycles. The summed E-state index contributed by atoms with van der Waals surface area (Å²) in [6.07, 6.45) is 4.22. The first-order valence-electron chi connectivity index (χ1n) is 8.94. The summed E-state index contributed by atoms with van der Waals surface area (Å²) < 4.78 is 5.53. The van der Waals surface area contributed by atoms with E-state index in [2.05, 4.69) is 22.3 Å². The van der Waals surface area contributed by atoms with Gasteiger partial charge >= 0.3 is 5.97 Å². The van der Waals surface area contributed by atoms with Crippen LogP contribution < -0.4 is 5.32 Å². The van der Waals surface area contributed by atoms with Crippen molar-refractivity contribution in [1.29, 1.82) is 0 Å². The highest BCUT2D eigenvalue weighted by Crippen LogP contribution is 2.26. The van der Waals surface area contributed by atoms with Crippen LogP contribution in [0, 0.1) is 5.92 Å². The minimum atomic E-state index is -0.213. The topological polar surface area (TPSA) is 58.6 Å². The molecule has 1 atom stereocenters. The van der Waals surface area contributed by atoms with Gasteiger partial charge in [-0.2, -0.15) is 0 Å². The summed E-state index contributed by atoms with van der Waals surface area (Å²) >= 11 is 0. The third-order valence-electron chi connectivity index (χ3n) is 4.88. The fourth-order valence-electron chi connectivity index (χ4n) is 3.23. The highest BCUT2D eigenvalue weighted by molar-refractivity contribution is 5.80. The van der Waals surface area contributed by atoms with E-state index in [1.165, 1.54) is 5.56 Å². The molecule has 1 saturated heterocycles. The number of nitrogens with zero attached hydrogens (tertiary/aromatic N) is 1. The Morgan fingerprint density at radius 3 is 2.67 bits per heavy atom. The molecule has 1 aliphatic carbocycles. The second-order valence-electron chi connectivity index (χ2n) is 6.79. The first-order valence-corrected chi connectivity index (χ1v) is 8.94. The van der Waals surface area contributed by atoms with Gasteiger partial charge in [-0.15, -0.1) is 0 Å². The van der Waals surface area contributed by atoms with E-state index in [-0.39, 0.29) is 30.3 Å². The lowest BCUT2D eigenvalue weighted by atomic mass is 9.85. The minimum Gasteiger partial charge on any atom is -0.461 e. The molecule has 1 aromatic carbocycles. The standard InChI is InChI=1S/C19H26N2O3/c22-18(9-11-20-19(23)16-7-4-8-16)24-17-10-12-21(14-17)13-15-5-2-1-3-6-15/h1-3,5-6,16-17H,4,7-14H2,(H,20,23)/t17-/m1/s1. The molecule has 2 aliphatic rings. The molecule has 1 aromatic rings. The van der Waals surface area contributed by atoms with Gasteiger partial charge in [0.05, 0.1) is 6.42 Å². The molecule has 1 amide bonds. The molecule has 1 N–H and O–H groups in total. The number of benzene rings is 1. The Balaban J connectivity index is 1.31. The number of hydrogen-bond donors (Lipinski definition) is 1. The minimum absolute atomic E-state index is 0.0245. The number of nitrogens with one attached hydrogen (secondary N) is 1. The first kappa shape index (κ1) is 17.0. The average molecular weight is 330 g/mol. The van der Waals surface area contributed by atoms with Gasteiger partial charge in [0.15, 0.2) is 0 Å². The number of rotatable bonds is 7. The third kappa shape index (κ3) is 4.81. The Bertz CT molecular complexity index is 557. The van der Waals surface area contributed by atoms with Crippen LogP contribution in [0.5, 0.6) is 0 Å². The zero-order valence-corrected chi connectivity index (χ0v) is 14.1. The number of amides is 1. The van der Waals surface area contributed by atoms with E-state index < -0.39 is 0 Å². The monoisotopic (exact) mass is 330 g/mol. The summed E-state index contributed by atoms with van der Waals surface area (Å²) in [7, 11) is 0.